The summed E-state index contributed by atoms with van der Waals surface area (Å²) in [4.78, 5) is 16.0. The second-order valence-electron chi connectivity index (χ2n) is 6.95. The molecular formula is C21H28N4O4. The quantitative estimate of drug-likeness (QED) is 0.343. The third-order valence-corrected chi connectivity index (χ3v) is 4.97. The number of aliphatic hydroxyl groups is 1. The molecule has 1 fully saturated rings. The van der Waals surface area contributed by atoms with Crippen LogP contribution in [0.4, 0.5) is 5.69 Å². The Balaban J connectivity index is 1.40. The number of nitrogens with two attached hydrogens (primary N) is 1. The van der Waals surface area contributed by atoms with Gasteiger partial charge < -0.3 is 19.5 Å². The van der Waals surface area contributed by atoms with Crippen LogP contribution in [0.5, 0.6) is 11.5 Å². The zero-order valence-electron chi connectivity index (χ0n) is 16.6. The molecule has 3 rings (SSSR count). The van der Waals surface area contributed by atoms with Gasteiger partial charge in [-0.15, -0.1) is 0 Å². The molecule has 1 amide bonds. The zero-order chi connectivity index (χ0) is 20.6. The summed E-state index contributed by atoms with van der Waals surface area (Å²) in [6.07, 6.45) is -0.588. The van der Waals surface area contributed by atoms with E-state index in [1.807, 2.05) is 12.1 Å². The largest absolute Gasteiger partial charge is 0.497 e. The summed E-state index contributed by atoms with van der Waals surface area (Å²) in [7, 11) is 1.66. The third kappa shape index (κ3) is 5.83. The van der Waals surface area contributed by atoms with Gasteiger partial charge in [-0.1, -0.05) is 0 Å². The van der Waals surface area contributed by atoms with Gasteiger partial charge >= 0.3 is 0 Å². The number of nitrogen functional groups attached to an aromatic ring is 1. The predicted molar refractivity (Wildman–Crippen MR) is 111 cm³/mol. The van der Waals surface area contributed by atoms with Crippen LogP contribution in [0.1, 0.15) is 10.4 Å². The van der Waals surface area contributed by atoms with Crippen molar-refractivity contribution in [3.05, 3.63) is 54.1 Å². The maximum Gasteiger partial charge on any atom is 0.265 e. The average Bonchev–Trinajstić information content (AvgIpc) is 2.78. The zero-order valence-corrected chi connectivity index (χ0v) is 16.6. The Morgan fingerprint density at radius 3 is 2.28 bits per heavy atom. The topological polar surface area (TPSA) is 100 Å². The van der Waals surface area contributed by atoms with E-state index in [9.17, 15) is 9.90 Å². The van der Waals surface area contributed by atoms with E-state index in [2.05, 4.69) is 27.4 Å². The summed E-state index contributed by atoms with van der Waals surface area (Å²) in [6.45, 7) is 4.33. The highest BCUT2D eigenvalue weighted by Gasteiger charge is 2.20. The molecule has 1 aliphatic rings. The molecule has 0 aliphatic carbocycles. The minimum atomic E-state index is -0.588. The van der Waals surface area contributed by atoms with Gasteiger partial charge in [-0.25, -0.2) is 5.84 Å². The molecule has 1 heterocycles. The summed E-state index contributed by atoms with van der Waals surface area (Å²) >= 11 is 0. The van der Waals surface area contributed by atoms with E-state index in [0.717, 1.165) is 31.9 Å². The van der Waals surface area contributed by atoms with Gasteiger partial charge in [0.05, 0.1) is 7.11 Å². The van der Waals surface area contributed by atoms with Crippen LogP contribution in [0.3, 0.4) is 0 Å². The highest BCUT2D eigenvalue weighted by Crippen LogP contribution is 2.20. The number of hydrazine groups is 1. The first-order valence-corrected chi connectivity index (χ1v) is 9.62. The van der Waals surface area contributed by atoms with Gasteiger partial charge in [0.2, 0.25) is 0 Å². The van der Waals surface area contributed by atoms with Gasteiger partial charge in [0.25, 0.3) is 5.91 Å². The third-order valence-electron chi connectivity index (χ3n) is 4.97. The summed E-state index contributed by atoms with van der Waals surface area (Å²) in [5.41, 5.74) is 3.72. The summed E-state index contributed by atoms with van der Waals surface area (Å²) in [5, 5.41) is 10.3. The normalized spacial score (nSPS) is 15.6. The molecule has 0 radical (unpaired) electrons. The lowest BCUT2D eigenvalue weighted by atomic mass is 10.2. The van der Waals surface area contributed by atoms with Crippen molar-refractivity contribution in [3.8, 4) is 11.5 Å². The molecule has 1 atom stereocenters. The maximum atomic E-state index is 11.4. The van der Waals surface area contributed by atoms with Gasteiger partial charge in [-0.05, 0) is 48.5 Å². The van der Waals surface area contributed by atoms with Crippen LogP contribution >= 0.6 is 0 Å². The molecule has 1 saturated heterocycles. The Labute approximate surface area is 170 Å². The first-order valence-electron chi connectivity index (χ1n) is 9.62. The Hall–Kier alpha value is -2.81. The second kappa shape index (κ2) is 10.1. The van der Waals surface area contributed by atoms with Gasteiger partial charge in [-0.3, -0.25) is 15.1 Å². The number of nitrogens with one attached hydrogen (secondary N) is 1. The molecular weight excluding hydrogens is 372 g/mol. The van der Waals surface area contributed by atoms with E-state index in [1.54, 1.807) is 31.4 Å². The number of hydrogen-bond acceptors (Lipinski definition) is 7. The molecule has 1 unspecified atom stereocenters. The van der Waals surface area contributed by atoms with Crippen molar-refractivity contribution in [3.63, 3.8) is 0 Å². The number of carbonyl (C=O) groups is 1. The predicted octanol–water partition coefficient (Wildman–Crippen LogP) is 0.861. The van der Waals surface area contributed by atoms with Crippen LogP contribution in [0, 0.1) is 0 Å². The number of β-amino-alcohol motifs (C(OH)–C–C–N with tert-alkyl or cyclic N) is 1. The molecule has 1 aliphatic heterocycles. The molecule has 0 spiro atoms. The first-order chi connectivity index (χ1) is 14.1. The standard InChI is InChI=1S/C21H28N4O4/c1-28-19-8-4-17(5-9-19)25-12-10-24(11-13-25)14-18(26)15-29-20-6-2-16(3-7-20)21(27)23-22/h2-9,18,26H,10-15,22H2,1H3,(H,23,27). The van der Waals surface area contributed by atoms with Crippen molar-refractivity contribution in [2.45, 2.75) is 6.10 Å². The maximum absolute atomic E-state index is 11.4. The van der Waals surface area contributed by atoms with Crippen LogP contribution < -0.4 is 25.6 Å². The monoisotopic (exact) mass is 400 g/mol. The van der Waals surface area contributed by atoms with Crippen molar-refractivity contribution in [1.29, 1.82) is 0 Å². The van der Waals surface area contributed by atoms with Gasteiger partial charge in [-0.2, -0.15) is 0 Å². The lowest BCUT2D eigenvalue weighted by Crippen LogP contribution is -2.49. The van der Waals surface area contributed by atoms with Crippen LogP contribution in [-0.4, -0.2) is 68.5 Å². The number of anilines is 1. The molecule has 0 saturated carbocycles. The van der Waals surface area contributed by atoms with Gasteiger partial charge in [0, 0.05) is 44.0 Å². The first kappa shape index (κ1) is 20.9. The van der Waals surface area contributed by atoms with Gasteiger partial charge in [0.15, 0.2) is 0 Å². The molecule has 156 valence electrons. The number of nitrogens with zero attached hydrogens (tertiary/aromatic N) is 2. The van der Waals surface area contributed by atoms with Crippen molar-refractivity contribution in [1.82, 2.24) is 10.3 Å². The van der Waals surface area contributed by atoms with E-state index in [0.29, 0.717) is 17.9 Å². The fourth-order valence-electron chi connectivity index (χ4n) is 3.31. The Bertz CT molecular complexity index is 774. The summed E-state index contributed by atoms with van der Waals surface area (Å²) in [5.74, 6) is 6.20. The van der Waals surface area contributed by atoms with Crippen molar-refractivity contribution in [2.75, 3.05) is 51.3 Å². The minimum absolute atomic E-state index is 0.196. The summed E-state index contributed by atoms with van der Waals surface area (Å²) in [6, 6.07) is 14.7. The number of benzene rings is 2. The number of aliphatic hydroxyl groups excluding tert-OH is 1. The number of amides is 1. The number of ether oxygens (including phenoxy) is 2. The van der Waals surface area contributed by atoms with Crippen LogP contribution in [0.25, 0.3) is 0 Å². The molecule has 2 aromatic rings. The second-order valence-corrected chi connectivity index (χ2v) is 6.95. The fraction of sp³-hybridized carbons (Fsp3) is 0.381. The van der Waals surface area contributed by atoms with Crippen molar-refractivity contribution >= 4 is 11.6 Å². The number of methoxy groups -OCH3 is 1. The number of piperazine rings is 1. The van der Waals surface area contributed by atoms with Gasteiger partial charge in [0.1, 0.15) is 24.2 Å². The molecule has 0 bridgehead atoms. The summed E-state index contributed by atoms with van der Waals surface area (Å²) < 4.78 is 10.8. The highest BCUT2D eigenvalue weighted by atomic mass is 16.5. The lowest BCUT2D eigenvalue weighted by Gasteiger charge is -2.36. The van der Waals surface area contributed by atoms with Crippen LogP contribution in [-0.2, 0) is 0 Å². The number of hydrogen-bond donors (Lipinski definition) is 3. The number of carbonyl (C=O) groups excluding carboxylic acids is 1. The smallest absolute Gasteiger partial charge is 0.265 e. The van der Waals surface area contributed by atoms with E-state index >= 15 is 0 Å². The van der Waals surface area contributed by atoms with Crippen LogP contribution in [0.15, 0.2) is 48.5 Å². The molecule has 29 heavy (non-hydrogen) atoms. The average molecular weight is 400 g/mol. The van der Waals surface area contributed by atoms with E-state index in [-0.39, 0.29) is 12.5 Å². The molecule has 4 N–H and O–H groups in total. The van der Waals surface area contributed by atoms with Crippen molar-refractivity contribution in [2.24, 2.45) is 5.84 Å². The van der Waals surface area contributed by atoms with Crippen molar-refractivity contribution < 1.29 is 19.4 Å². The van der Waals surface area contributed by atoms with E-state index < -0.39 is 6.10 Å². The molecule has 8 nitrogen and oxygen atoms in total. The Morgan fingerprint density at radius 2 is 1.69 bits per heavy atom. The molecule has 0 aromatic heterocycles. The lowest BCUT2D eigenvalue weighted by molar-refractivity contribution is 0.0663. The minimum Gasteiger partial charge on any atom is -0.497 e. The van der Waals surface area contributed by atoms with Crippen LogP contribution in [0.2, 0.25) is 0 Å². The Kier molecular flexibility index (Phi) is 7.29. The van der Waals surface area contributed by atoms with E-state index in [1.165, 1.54) is 5.69 Å². The molecule has 8 heteroatoms. The fourth-order valence-corrected chi connectivity index (χ4v) is 3.31. The highest BCUT2D eigenvalue weighted by molar-refractivity contribution is 5.93. The Morgan fingerprint density at radius 1 is 1.07 bits per heavy atom. The molecule has 2 aromatic carbocycles. The SMILES string of the molecule is COc1ccc(N2CCN(CC(O)COc3ccc(C(=O)NN)cc3)CC2)cc1. The van der Waals surface area contributed by atoms with E-state index in [4.69, 9.17) is 15.3 Å². The number of rotatable bonds is 8.